The molecule has 114 valence electrons. The van der Waals surface area contributed by atoms with E-state index in [-0.39, 0.29) is 0 Å². The van der Waals surface area contributed by atoms with Crippen molar-refractivity contribution in [1.82, 2.24) is 10.2 Å². The van der Waals surface area contributed by atoms with Gasteiger partial charge in [-0.05, 0) is 45.7 Å². The van der Waals surface area contributed by atoms with Gasteiger partial charge in [0.15, 0.2) is 0 Å². The van der Waals surface area contributed by atoms with Crippen LogP contribution in [-0.4, -0.2) is 64.1 Å². The zero-order valence-corrected chi connectivity index (χ0v) is 13.0. The lowest BCUT2D eigenvalue weighted by molar-refractivity contribution is 0.0628. The van der Waals surface area contributed by atoms with Crippen LogP contribution in [0.1, 0.15) is 39.0 Å². The number of nitrogens with one attached hydrogen (secondary N) is 1. The molecule has 0 aliphatic heterocycles. The molecule has 0 aromatic heterocycles. The highest BCUT2D eigenvalue weighted by Crippen LogP contribution is 2.22. The predicted molar refractivity (Wildman–Crippen MR) is 79.7 cm³/mol. The van der Waals surface area contributed by atoms with Gasteiger partial charge in [-0.2, -0.15) is 0 Å². The maximum absolute atomic E-state index is 5.50. The fourth-order valence-corrected chi connectivity index (χ4v) is 2.85. The lowest BCUT2D eigenvalue weighted by Crippen LogP contribution is -2.41. The molecule has 1 saturated carbocycles. The second kappa shape index (κ2) is 10.6. The minimum atomic E-state index is 0.699. The summed E-state index contributed by atoms with van der Waals surface area (Å²) in [4.78, 5) is 2.52. The summed E-state index contributed by atoms with van der Waals surface area (Å²) in [7, 11) is 3.97. The number of hydrogen-bond donors (Lipinski definition) is 1. The zero-order valence-electron chi connectivity index (χ0n) is 13.0. The van der Waals surface area contributed by atoms with Gasteiger partial charge in [0.05, 0.1) is 13.2 Å². The van der Waals surface area contributed by atoms with Crippen LogP contribution in [-0.2, 0) is 9.47 Å². The standard InChI is InChI=1S/C15H32N2O2/c1-4-16-14-6-8-15(9-7-14)17(2)10-5-11-19-13-12-18-3/h14-16H,4-13H2,1-3H3. The first-order valence-corrected chi connectivity index (χ1v) is 7.78. The van der Waals surface area contributed by atoms with Gasteiger partial charge in [0.1, 0.15) is 0 Å². The molecule has 1 aliphatic carbocycles. The number of ether oxygens (including phenoxy) is 2. The summed E-state index contributed by atoms with van der Waals surface area (Å²) in [6.45, 7) is 6.70. The Morgan fingerprint density at radius 2 is 1.84 bits per heavy atom. The van der Waals surface area contributed by atoms with E-state index in [0.29, 0.717) is 13.2 Å². The van der Waals surface area contributed by atoms with E-state index >= 15 is 0 Å². The Kier molecular flexibility index (Phi) is 9.43. The molecule has 19 heavy (non-hydrogen) atoms. The molecule has 0 radical (unpaired) electrons. The van der Waals surface area contributed by atoms with E-state index in [1.807, 2.05) is 0 Å². The van der Waals surface area contributed by atoms with E-state index in [1.54, 1.807) is 7.11 Å². The monoisotopic (exact) mass is 272 g/mol. The number of methoxy groups -OCH3 is 1. The first kappa shape index (κ1) is 16.9. The van der Waals surface area contributed by atoms with Crippen molar-refractivity contribution < 1.29 is 9.47 Å². The SMILES string of the molecule is CCNC1CCC(N(C)CCCOCCOC)CC1. The molecule has 0 saturated heterocycles. The van der Waals surface area contributed by atoms with E-state index in [1.165, 1.54) is 25.7 Å². The highest BCUT2D eigenvalue weighted by atomic mass is 16.5. The second-order valence-corrected chi connectivity index (χ2v) is 5.50. The highest BCUT2D eigenvalue weighted by Gasteiger charge is 2.22. The van der Waals surface area contributed by atoms with Crippen LogP contribution in [0, 0.1) is 0 Å². The summed E-state index contributed by atoms with van der Waals surface area (Å²) in [5.41, 5.74) is 0. The molecule has 0 spiro atoms. The molecular weight excluding hydrogens is 240 g/mol. The first-order valence-electron chi connectivity index (χ1n) is 7.78. The Morgan fingerprint density at radius 3 is 2.47 bits per heavy atom. The Hall–Kier alpha value is -0.160. The zero-order chi connectivity index (χ0) is 13.9. The van der Waals surface area contributed by atoms with E-state index < -0.39 is 0 Å². The lowest BCUT2D eigenvalue weighted by atomic mass is 9.90. The van der Waals surface area contributed by atoms with Crippen molar-refractivity contribution in [2.45, 2.75) is 51.1 Å². The Balaban J connectivity index is 2.02. The van der Waals surface area contributed by atoms with Gasteiger partial charge in [0.2, 0.25) is 0 Å². The molecule has 1 N–H and O–H groups in total. The van der Waals surface area contributed by atoms with Crippen LogP contribution in [0.25, 0.3) is 0 Å². The molecule has 4 heteroatoms. The van der Waals surface area contributed by atoms with Gasteiger partial charge in [-0.3, -0.25) is 0 Å². The van der Waals surface area contributed by atoms with Crippen LogP contribution in [0.3, 0.4) is 0 Å². The topological polar surface area (TPSA) is 33.7 Å². The maximum atomic E-state index is 5.50. The molecule has 0 atom stereocenters. The van der Waals surface area contributed by atoms with Gasteiger partial charge < -0.3 is 19.7 Å². The molecule has 0 amide bonds. The van der Waals surface area contributed by atoms with Gasteiger partial charge in [-0.1, -0.05) is 6.92 Å². The van der Waals surface area contributed by atoms with Crippen LogP contribution in [0.2, 0.25) is 0 Å². The molecule has 1 rings (SSSR count). The van der Waals surface area contributed by atoms with Crippen molar-refractivity contribution in [3.63, 3.8) is 0 Å². The van der Waals surface area contributed by atoms with Crippen LogP contribution < -0.4 is 5.32 Å². The summed E-state index contributed by atoms with van der Waals surface area (Å²) in [5, 5.41) is 3.57. The Bertz CT molecular complexity index is 206. The smallest absolute Gasteiger partial charge is 0.0700 e. The third kappa shape index (κ3) is 7.25. The second-order valence-electron chi connectivity index (χ2n) is 5.50. The summed E-state index contributed by atoms with van der Waals surface area (Å²) in [5.74, 6) is 0. The fraction of sp³-hybridized carbons (Fsp3) is 1.00. The summed E-state index contributed by atoms with van der Waals surface area (Å²) in [6.07, 6.45) is 6.44. The van der Waals surface area contributed by atoms with E-state index in [2.05, 4.69) is 24.2 Å². The van der Waals surface area contributed by atoms with E-state index in [9.17, 15) is 0 Å². The average molecular weight is 272 g/mol. The van der Waals surface area contributed by atoms with Gasteiger partial charge in [-0.15, -0.1) is 0 Å². The Labute approximate surface area is 118 Å². The van der Waals surface area contributed by atoms with Gasteiger partial charge in [0, 0.05) is 32.3 Å². The first-order chi connectivity index (χ1) is 9.27. The van der Waals surface area contributed by atoms with Crippen molar-refractivity contribution in [2.24, 2.45) is 0 Å². The largest absolute Gasteiger partial charge is 0.382 e. The summed E-state index contributed by atoms with van der Waals surface area (Å²) >= 11 is 0. The normalized spacial score (nSPS) is 24.0. The number of rotatable bonds is 10. The van der Waals surface area contributed by atoms with Gasteiger partial charge in [-0.25, -0.2) is 0 Å². The number of nitrogens with zero attached hydrogens (tertiary/aromatic N) is 1. The van der Waals surface area contributed by atoms with Crippen molar-refractivity contribution in [2.75, 3.05) is 47.1 Å². The predicted octanol–water partition coefficient (Wildman–Crippen LogP) is 1.89. The molecule has 1 fully saturated rings. The van der Waals surface area contributed by atoms with Gasteiger partial charge in [0.25, 0.3) is 0 Å². The average Bonchev–Trinajstić information content (AvgIpc) is 2.43. The third-order valence-corrected chi connectivity index (χ3v) is 4.04. The molecule has 4 nitrogen and oxygen atoms in total. The minimum Gasteiger partial charge on any atom is -0.382 e. The van der Waals surface area contributed by atoms with E-state index in [0.717, 1.165) is 38.2 Å². The van der Waals surface area contributed by atoms with E-state index in [4.69, 9.17) is 9.47 Å². The molecular formula is C15H32N2O2. The summed E-state index contributed by atoms with van der Waals surface area (Å²) < 4.78 is 10.5. The van der Waals surface area contributed by atoms with Crippen LogP contribution in [0.5, 0.6) is 0 Å². The van der Waals surface area contributed by atoms with Crippen LogP contribution in [0.4, 0.5) is 0 Å². The Morgan fingerprint density at radius 1 is 1.11 bits per heavy atom. The minimum absolute atomic E-state index is 0.699. The lowest BCUT2D eigenvalue weighted by Gasteiger charge is -2.35. The molecule has 0 aromatic rings. The quantitative estimate of drug-likeness (QED) is 0.616. The van der Waals surface area contributed by atoms with Crippen molar-refractivity contribution in [3.05, 3.63) is 0 Å². The maximum Gasteiger partial charge on any atom is 0.0700 e. The fourth-order valence-electron chi connectivity index (χ4n) is 2.85. The molecule has 0 heterocycles. The van der Waals surface area contributed by atoms with Crippen molar-refractivity contribution >= 4 is 0 Å². The van der Waals surface area contributed by atoms with Crippen molar-refractivity contribution in [1.29, 1.82) is 0 Å². The molecule has 1 aliphatic rings. The van der Waals surface area contributed by atoms with Crippen LogP contribution in [0.15, 0.2) is 0 Å². The van der Waals surface area contributed by atoms with Gasteiger partial charge >= 0.3 is 0 Å². The highest BCUT2D eigenvalue weighted by molar-refractivity contribution is 4.81. The molecule has 0 bridgehead atoms. The molecule has 0 unspecified atom stereocenters. The number of hydrogen-bond acceptors (Lipinski definition) is 4. The molecule has 0 aromatic carbocycles. The summed E-state index contributed by atoms with van der Waals surface area (Å²) in [6, 6.07) is 1.53. The third-order valence-electron chi connectivity index (χ3n) is 4.04. The van der Waals surface area contributed by atoms with Crippen molar-refractivity contribution in [3.8, 4) is 0 Å². The van der Waals surface area contributed by atoms with Crippen LogP contribution >= 0.6 is 0 Å².